The molecule has 0 spiro atoms. The number of rotatable bonds is 6. The fourth-order valence-electron chi connectivity index (χ4n) is 5.50. The molecular formula is C30H33ClF3N5O4S. The van der Waals surface area contributed by atoms with Crippen LogP contribution in [0.15, 0.2) is 36.4 Å². The number of halogens is 4. The fourth-order valence-corrected chi connectivity index (χ4v) is 6.25. The van der Waals surface area contributed by atoms with Crippen LogP contribution in [0.5, 0.6) is 5.75 Å². The summed E-state index contributed by atoms with van der Waals surface area (Å²) < 4.78 is 46.8. The summed E-state index contributed by atoms with van der Waals surface area (Å²) in [6, 6.07) is 9.25. The zero-order valence-electron chi connectivity index (χ0n) is 24.9. The summed E-state index contributed by atoms with van der Waals surface area (Å²) in [7, 11) is 0. The molecule has 2 aromatic rings. The quantitative estimate of drug-likeness (QED) is 0.367. The molecule has 44 heavy (non-hydrogen) atoms. The van der Waals surface area contributed by atoms with Crippen LogP contribution < -0.4 is 14.5 Å². The van der Waals surface area contributed by atoms with Crippen molar-refractivity contribution in [3.8, 4) is 11.8 Å². The summed E-state index contributed by atoms with van der Waals surface area (Å²) in [5.41, 5.74) is -2.89. The molecule has 2 saturated heterocycles. The zero-order valence-corrected chi connectivity index (χ0v) is 26.5. The Morgan fingerprint density at radius 2 is 1.82 bits per heavy atom. The monoisotopic (exact) mass is 651 g/mol. The number of carbonyl (C=O) groups excluding carboxylic acids is 1. The number of alkyl halides is 3. The molecule has 236 valence electrons. The third-order valence-electron chi connectivity index (χ3n) is 7.90. The number of amides is 2. The molecule has 2 aliphatic heterocycles. The summed E-state index contributed by atoms with van der Waals surface area (Å²) in [6.07, 6.45) is -5.73. The lowest BCUT2D eigenvalue weighted by atomic mass is 9.84. The Kier molecular flexibility index (Phi) is 9.13. The second kappa shape index (κ2) is 12.1. The van der Waals surface area contributed by atoms with Crippen molar-refractivity contribution in [2.75, 3.05) is 42.6 Å². The number of hydrogen-bond donors (Lipinski definition) is 1. The van der Waals surface area contributed by atoms with Crippen molar-refractivity contribution in [3.05, 3.63) is 52.5 Å². The molecule has 2 heterocycles. The summed E-state index contributed by atoms with van der Waals surface area (Å²) in [6.45, 7) is 11.6. The van der Waals surface area contributed by atoms with Crippen molar-refractivity contribution in [3.63, 3.8) is 0 Å². The lowest BCUT2D eigenvalue weighted by Gasteiger charge is -2.45. The first kappa shape index (κ1) is 33.3. The van der Waals surface area contributed by atoms with Gasteiger partial charge in [-0.25, -0.2) is 4.79 Å². The molecule has 4 rings (SSSR count). The smallest absolute Gasteiger partial charge is 0.417 e. The van der Waals surface area contributed by atoms with E-state index in [0.717, 1.165) is 17.0 Å². The van der Waals surface area contributed by atoms with E-state index in [-0.39, 0.29) is 27.3 Å². The van der Waals surface area contributed by atoms with E-state index < -0.39 is 34.8 Å². The second-order valence-electron chi connectivity index (χ2n) is 12.3. The lowest BCUT2D eigenvalue weighted by Crippen LogP contribution is -2.59. The Labute approximate surface area is 264 Å². The standard InChI is InChI=1S/C30H33ClF3N5O4S/c1-28(2,3)24-17-36(10-11-37(24)27(41)42)12-13-43-23-9-8-20(15-22(23)31)39-26(44)38(25(40)29(39,4)5)19-7-6-18(16-35)21(14-19)30(32,33)34/h6-9,14-15,24H,10-13,17H2,1-5H3,(H,41,42). The van der Waals surface area contributed by atoms with Gasteiger partial charge in [0.15, 0.2) is 5.11 Å². The van der Waals surface area contributed by atoms with Crippen LogP contribution in [0.2, 0.25) is 5.02 Å². The van der Waals surface area contributed by atoms with E-state index in [1.807, 2.05) is 20.8 Å². The van der Waals surface area contributed by atoms with Gasteiger partial charge in [0.1, 0.15) is 17.9 Å². The minimum atomic E-state index is -4.80. The van der Waals surface area contributed by atoms with Gasteiger partial charge in [-0.3, -0.25) is 14.6 Å². The first-order valence-electron chi connectivity index (χ1n) is 13.8. The van der Waals surface area contributed by atoms with Crippen LogP contribution in [0.25, 0.3) is 0 Å². The Morgan fingerprint density at radius 3 is 2.39 bits per heavy atom. The van der Waals surface area contributed by atoms with Gasteiger partial charge in [-0.05, 0) is 67.9 Å². The van der Waals surface area contributed by atoms with Crippen LogP contribution in [0.4, 0.5) is 29.3 Å². The Hall–Kier alpha value is -3.60. The van der Waals surface area contributed by atoms with Gasteiger partial charge >= 0.3 is 12.3 Å². The van der Waals surface area contributed by atoms with Crippen LogP contribution in [0.3, 0.4) is 0 Å². The van der Waals surface area contributed by atoms with Crippen molar-refractivity contribution < 1.29 is 32.6 Å². The van der Waals surface area contributed by atoms with Gasteiger partial charge in [0.25, 0.3) is 5.91 Å². The van der Waals surface area contributed by atoms with Crippen molar-refractivity contribution in [2.45, 2.75) is 52.4 Å². The van der Waals surface area contributed by atoms with Crippen LogP contribution >= 0.6 is 23.8 Å². The number of benzene rings is 2. The molecule has 9 nitrogen and oxygen atoms in total. The maximum absolute atomic E-state index is 13.6. The van der Waals surface area contributed by atoms with Gasteiger partial charge in [-0.1, -0.05) is 32.4 Å². The predicted octanol–water partition coefficient (Wildman–Crippen LogP) is 6.24. The third-order valence-corrected chi connectivity index (χ3v) is 8.56. The Bertz CT molecular complexity index is 1520. The molecule has 2 amide bonds. The predicted molar refractivity (Wildman–Crippen MR) is 164 cm³/mol. The van der Waals surface area contributed by atoms with E-state index >= 15 is 0 Å². The van der Waals surface area contributed by atoms with Crippen LogP contribution in [0.1, 0.15) is 45.7 Å². The molecule has 0 radical (unpaired) electrons. The number of piperazine rings is 1. The van der Waals surface area contributed by atoms with E-state index in [0.29, 0.717) is 44.2 Å². The maximum atomic E-state index is 13.6. The molecule has 0 aromatic heterocycles. The van der Waals surface area contributed by atoms with E-state index in [1.165, 1.54) is 21.9 Å². The van der Waals surface area contributed by atoms with Crippen molar-refractivity contribution in [1.29, 1.82) is 5.26 Å². The van der Waals surface area contributed by atoms with Crippen LogP contribution in [0, 0.1) is 16.7 Å². The minimum absolute atomic E-state index is 0.0449. The highest BCUT2D eigenvalue weighted by Gasteiger charge is 2.51. The number of anilines is 2. The van der Waals surface area contributed by atoms with E-state index in [1.54, 1.807) is 32.0 Å². The fraction of sp³-hybridized carbons (Fsp3) is 0.467. The van der Waals surface area contributed by atoms with E-state index in [4.69, 9.17) is 33.8 Å². The van der Waals surface area contributed by atoms with Gasteiger partial charge in [-0.2, -0.15) is 18.4 Å². The topological polar surface area (TPSA) is 100 Å². The summed E-state index contributed by atoms with van der Waals surface area (Å²) in [4.78, 5) is 31.4. The first-order chi connectivity index (χ1) is 20.4. The Morgan fingerprint density at radius 1 is 1.16 bits per heavy atom. The molecule has 0 bridgehead atoms. The number of thiocarbonyl (C=S) groups is 1. The molecule has 2 aliphatic rings. The molecule has 0 saturated carbocycles. The summed E-state index contributed by atoms with van der Waals surface area (Å²) in [5.74, 6) is -0.159. The maximum Gasteiger partial charge on any atom is 0.417 e. The van der Waals surface area contributed by atoms with Crippen molar-refractivity contribution in [2.24, 2.45) is 5.41 Å². The van der Waals surface area contributed by atoms with Crippen molar-refractivity contribution in [1.82, 2.24) is 9.80 Å². The number of nitrogens with zero attached hydrogens (tertiary/aromatic N) is 5. The van der Waals surface area contributed by atoms with Crippen LogP contribution in [-0.2, 0) is 11.0 Å². The van der Waals surface area contributed by atoms with Gasteiger partial charge in [0, 0.05) is 31.9 Å². The average molecular weight is 652 g/mol. The van der Waals surface area contributed by atoms with Crippen molar-refractivity contribution >= 4 is 52.3 Å². The molecular weight excluding hydrogens is 619 g/mol. The van der Waals surface area contributed by atoms with Gasteiger partial charge in [-0.15, -0.1) is 0 Å². The Balaban J connectivity index is 1.49. The highest BCUT2D eigenvalue weighted by molar-refractivity contribution is 7.81. The molecule has 1 unspecified atom stereocenters. The number of carboxylic acid groups (broad SMARTS) is 1. The van der Waals surface area contributed by atoms with E-state index in [9.17, 15) is 27.9 Å². The largest absolute Gasteiger partial charge is 0.491 e. The van der Waals surface area contributed by atoms with Gasteiger partial charge in [0.2, 0.25) is 0 Å². The number of ether oxygens (including phenoxy) is 1. The molecule has 14 heteroatoms. The molecule has 1 atom stereocenters. The molecule has 1 N–H and O–H groups in total. The van der Waals surface area contributed by atoms with Gasteiger partial charge in [0.05, 0.1) is 33.9 Å². The third kappa shape index (κ3) is 6.43. The molecule has 0 aliphatic carbocycles. The average Bonchev–Trinajstić information content (AvgIpc) is 3.10. The first-order valence-corrected chi connectivity index (χ1v) is 14.6. The van der Waals surface area contributed by atoms with Crippen LogP contribution in [-0.4, -0.2) is 76.4 Å². The number of nitriles is 1. The number of hydrogen-bond acceptors (Lipinski definition) is 6. The molecule has 2 fully saturated rings. The zero-order chi connectivity index (χ0) is 32.8. The highest BCUT2D eigenvalue weighted by atomic mass is 35.5. The van der Waals surface area contributed by atoms with Gasteiger partial charge < -0.3 is 19.6 Å². The summed E-state index contributed by atoms with van der Waals surface area (Å²) >= 11 is 12.2. The molecule has 2 aromatic carbocycles. The highest BCUT2D eigenvalue weighted by Crippen LogP contribution is 2.41. The minimum Gasteiger partial charge on any atom is -0.491 e. The lowest BCUT2D eigenvalue weighted by molar-refractivity contribution is -0.137. The normalized spacial score (nSPS) is 19.4. The number of carbonyl (C=O) groups is 2. The second-order valence-corrected chi connectivity index (χ2v) is 13.1. The summed E-state index contributed by atoms with van der Waals surface area (Å²) in [5, 5.41) is 18.9. The SMILES string of the molecule is CC(C)(C)C1CN(CCOc2ccc(N3C(=S)N(c4ccc(C#N)c(C(F)(F)F)c4)C(=O)C3(C)C)cc2Cl)CCN1C(=O)O. The van der Waals surface area contributed by atoms with E-state index in [2.05, 4.69) is 4.90 Å².